The molecule has 3 rings (SSSR count). The van der Waals surface area contributed by atoms with E-state index < -0.39 is 5.82 Å². The van der Waals surface area contributed by atoms with Crippen molar-refractivity contribution in [2.24, 2.45) is 0 Å². The highest BCUT2D eigenvalue weighted by molar-refractivity contribution is 5.97. The lowest BCUT2D eigenvalue weighted by atomic mass is 10.1. The van der Waals surface area contributed by atoms with E-state index in [0.29, 0.717) is 25.4 Å². The summed E-state index contributed by atoms with van der Waals surface area (Å²) in [6.45, 7) is 3.32. The average molecular weight is 359 g/mol. The molecule has 0 bridgehead atoms. The summed E-state index contributed by atoms with van der Waals surface area (Å²) in [6, 6.07) is 5.91. The Bertz CT molecular complexity index is 784. The predicted octanol–water partition coefficient (Wildman–Crippen LogP) is 2.41. The Morgan fingerprint density at radius 3 is 3.00 bits per heavy atom. The van der Waals surface area contributed by atoms with Crippen molar-refractivity contribution in [1.82, 2.24) is 14.9 Å². The number of aryl methyl sites for hydroxylation is 2. The molecule has 26 heavy (non-hydrogen) atoms. The number of rotatable bonds is 5. The van der Waals surface area contributed by atoms with Crippen LogP contribution in [0.1, 0.15) is 28.2 Å². The van der Waals surface area contributed by atoms with Gasteiger partial charge in [-0.2, -0.15) is 0 Å². The van der Waals surface area contributed by atoms with Crippen LogP contribution < -0.4 is 4.74 Å². The van der Waals surface area contributed by atoms with Gasteiger partial charge in [-0.1, -0.05) is 0 Å². The number of hydrogen-bond acceptors (Lipinski definition) is 5. The molecule has 1 amide bonds. The Morgan fingerprint density at radius 1 is 1.38 bits per heavy atom. The molecule has 6 nitrogen and oxygen atoms in total. The van der Waals surface area contributed by atoms with Gasteiger partial charge in [-0.3, -0.25) is 4.79 Å². The van der Waals surface area contributed by atoms with E-state index in [1.54, 1.807) is 11.2 Å². The highest BCUT2D eigenvalue weighted by Gasteiger charge is 2.27. The van der Waals surface area contributed by atoms with Gasteiger partial charge in [0.25, 0.3) is 5.91 Å². The van der Waals surface area contributed by atoms with Gasteiger partial charge in [-0.05, 0) is 44.0 Å². The first-order valence-corrected chi connectivity index (χ1v) is 8.58. The van der Waals surface area contributed by atoms with Gasteiger partial charge in [-0.15, -0.1) is 0 Å². The molecule has 1 aliphatic rings. The highest BCUT2D eigenvalue weighted by Crippen LogP contribution is 2.23. The Balaban J connectivity index is 1.64. The molecule has 1 fully saturated rings. The van der Waals surface area contributed by atoms with Crippen molar-refractivity contribution in [3.63, 3.8) is 0 Å². The van der Waals surface area contributed by atoms with Gasteiger partial charge < -0.3 is 14.4 Å². The number of nitrogens with zero attached hydrogens (tertiary/aromatic N) is 3. The van der Waals surface area contributed by atoms with Crippen molar-refractivity contribution >= 4 is 5.91 Å². The molecule has 0 radical (unpaired) electrons. The molecule has 0 aliphatic carbocycles. The number of methoxy groups -OCH3 is 1. The first-order valence-electron chi connectivity index (χ1n) is 8.58. The van der Waals surface area contributed by atoms with Crippen molar-refractivity contribution in [2.45, 2.75) is 25.9 Å². The molecular weight excluding hydrogens is 337 g/mol. The van der Waals surface area contributed by atoms with E-state index in [2.05, 4.69) is 9.97 Å². The fraction of sp³-hybridized carbons (Fsp3) is 0.421. The molecule has 1 aliphatic heterocycles. The van der Waals surface area contributed by atoms with E-state index in [0.717, 1.165) is 24.2 Å². The quantitative estimate of drug-likeness (QED) is 0.820. The number of amides is 1. The van der Waals surface area contributed by atoms with Crippen molar-refractivity contribution in [2.75, 3.05) is 26.8 Å². The first kappa shape index (κ1) is 18.3. The van der Waals surface area contributed by atoms with Crippen LogP contribution in [0.2, 0.25) is 0 Å². The van der Waals surface area contributed by atoms with Crippen LogP contribution in [0.3, 0.4) is 0 Å². The minimum Gasteiger partial charge on any atom is -0.496 e. The summed E-state index contributed by atoms with van der Waals surface area (Å²) in [6.07, 6.45) is 2.97. The van der Waals surface area contributed by atoms with E-state index in [1.807, 2.05) is 13.0 Å². The molecule has 7 heteroatoms. The second-order valence-corrected chi connectivity index (χ2v) is 6.28. The van der Waals surface area contributed by atoms with E-state index >= 15 is 0 Å². The number of aromatic nitrogens is 2. The Hall–Kier alpha value is -2.54. The van der Waals surface area contributed by atoms with Crippen LogP contribution in [-0.4, -0.2) is 53.7 Å². The highest BCUT2D eigenvalue weighted by atomic mass is 19.1. The largest absolute Gasteiger partial charge is 0.496 e. The predicted molar refractivity (Wildman–Crippen MR) is 93.7 cm³/mol. The minimum atomic E-state index is -0.460. The number of hydrogen-bond donors (Lipinski definition) is 0. The van der Waals surface area contributed by atoms with Gasteiger partial charge in [0.05, 0.1) is 25.4 Å². The fourth-order valence-electron chi connectivity index (χ4n) is 3.05. The van der Waals surface area contributed by atoms with Crippen LogP contribution in [0.5, 0.6) is 5.75 Å². The number of ether oxygens (including phenoxy) is 2. The van der Waals surface area contributed by atoms with Gasteiger partial charge in [0.15, 0.2) is 0 Å². The summed E-state index contributed by atoms with van der Waals surface area (Å²) in [7, 11) is 1.47. The smallest absolute Gasteiger partial charge is 0.257 e. The second kappa shape index (κ2) is 8.23. The number of halogens is 1. The standard InChI is InChI=1S/C19H22FN3O3/c1-13-9-15(22-12-21-13)4-5-16-11-23(7-8-26-16)19(24)17-10-14(20)3-6-18(17)25-2/h3,6,9-10,12,16H,4-5,7-8,11H2,1-2H3. The first-order chi connectivity index (χ1) is 12.6. The number of morpholine rings is 1. The Labute approximate surface area is 152 Å². The molecule has 2 aromatic rings. The Morgan fingerprint density at radius 2 is 2.23 bits per heavy atom. The molecule has 0 saturated carbocycles. The van der Waals surface area contributed by atoms with Crippen molar-refractivity contribution < 1.29 is 18.7 Å². The maximum atomic E-state index is 13.6. The van der Waals surface area contributed by atoms with Crippen LogP contribution in [-0.2, 0) is 11.2 Å². The lowest BCUT2D eigenvalue weighted by Gasteiger charge is -2.33. The number of carbonyl (C=O) groups is 1. The van der Waals surface area contributed by atoms with Crippen LogP contribution >= 0.6 is 0 Å². The average Bonchev–Trinajstić information content (AvgIpc) is 2.66. The molecule has 2 heterocycles. The van der Waals surface area contributed by atoms with Gasteiger partial charge in [0, 0.05) is 24.5 Å². The zero-order valence-electron chi connectivity index (χ0n) is 14.9. The summed E-state index contributed by atoms with van der Waals surface area (Å²) >= 11 is 0. The topological polar surface area (TPSA) is 64.5 Å². The van der Waals surface area contributed by atoms with Gasteiger partial charge in [-0.25, -0.2) is 14.4 Å². The monoisotopic (exact) mass is 359 g/mol. The molecule has 1 aromatic carbocycles. The SMILES string of the molecule is COc1ccc(F)cc1C(=O)N1CCOC(CCc2cc(C)ncn2)C1. The zero-order valence-corrected chi connectivity index (χ0v) is 14.9. The van der Waals surface area contributed by atoms with E-state index in [4.69, 9.17) is 9.47 Å². The van der Waals surface area contributed by atoms with Gasteiger partial charge in [0.2, 0.25) is 0 Å². The van der Waals surface area contributed by atoms with Crippen molar-refractivity contribution in [3.05, 3.63) is 53.4 Å². The second-order valence-electron chi connectivity index (χ2n) is 6.28. The minimum absolute atomic E-state index is 0.0810. The normalized spacial score (nSPS) is 17.2. The molecule has 138 valence electrons. The summed E-state index contributed by atoms with van der Waals surface area (Å²) in [4.78, 5) is 22.8. The van der Waals surface area contributed by atoms with Crippen LogP contribution in [0.25, 0.3) is 0 Å². The Kier molecular flexibility index (Phi) is 5.78. The molecule has 1 atom stereocenters. The summed E-state index contributed by atoms with van der Waals surface area (Å²) in [5.41, 5.74) is 2.12. The molecule has 0 N–H and O–H groups in total. The van der Waals surface area contributed by atoms with Crippen LogP contribution in [0, 0.1) is 12.7 Å². The summed E-state index contributed by atoms with van der Waals surface area (Å²) < 4.78 is 24.5. The summed E-state index contributed by atoms with van der Waals surface area (Å²) in [5, 5.41) is 0. The van der Waals surface area contributed by atoms with Gasteiger partial charge >= 0.3 is 0 Å². The van der Waals surface area contributed by atoms with Crippen LogP contribution in [0.15, 0.2) is 30.6 Å². The maximum absolute atomic E-state index is 13.6. The van der Waals surface area contributed by atoms with Crippen molar-refractivity contribution in [3.8, 4) is 5.75 Å². The van der Waals surface area contributed by atoms with Crippen molar-refractivity contribution in [1.29, 1.82) is 0 Å². The molecule has 0 spiro atoms. The number of carbonyl (C=O) groups excluding carboxylic acids is 1. The molecule has 1 aromatic heterocycles. The lowest BCUT2D eigenvalue weighted by Crippen LogP contribution is -2.45. The number of benzene rings is 1. The van der Waals surface area contributed by atoms with E-state index in [-0.39, 0.29) is 17.6 Å². The molecule has 1 saturated heterocycles. The van der Waals surface area contributed by atoms with Gasteiger partial charge in [0.1, 0.15) is 17.9 Å². The third kappa shape index (κ3) is 4.35. The summed E-state index contributed by atoms with van der Waals surface area (Å²) in [5.74, 6) is -0.332. The van der Waals surface area contributed by atoms with E-state index in [1.165, 1.54) is 25.3 Å². The fourth-order valence-corrected chi connectivity index (χ4v) is 3.05. The third-order valence-corrected chi connectivity index (χ3v) is 4.40. The molecular formula is C19H22FN3O3. The van der Waals surface area contributed by atoms with Crippen LogP contribution in [0.4, 0.5) is 4.39 Å². The zero-order chi connectivity index (χ0) is 18.5. The lowest BCUT2D eigenvalue weighted by molar-refractivity contribution is -0.0247. The third-order valence-electron chi connectivity index (χ3n) is 4.40. The molecule has 1 unspecified atom stereocenters. The maximum Gasteiger partial charge on any atom is 0.257 e. The van der Waals surface area contributed by atoms with E-state index in [9.17, 15) is 9.18 Å².